The minimum absolute atomic E-state index is 0.130. The largest absolute Gasteiger partial charge is 0.504 e. The molecule has 0 saturated carbocycles. The molecule has 3 aromatic rings. The zero-order valence-corrected chi connectivity index (χ0v) is 12.0. The fourth-order valence-electron chi connectivity index (χ4n) is 2.12. The molecule has 2 aromatic heterocycles. The van der Waals surface area contributed by atoms with Gasteiger partial charge in [-0.3, -0.25) is 10.5 Å². The van der Waals surface area contributed by atoms with Crippen LogP contribution in [-0.4, -0.2) is 16.0 Å². The first-order chi connectivity index (χ1) is 10.2. The van der Waals surface area contributed by atoms with Crippen LogP contribution in [0.15, 0.2) is 18.2 Å². The lowest BCUT2D eigenvalue weighted by Crippen LogP contribution is -2.04. The van der Waals surface area contributed by atoms with E-state index in [9.17, 15) is 23.1 Å². The van der Waals surface area contributed by atoms with E-state index in [4.69, 9.17) is 17.3 Å². The molecule has 1 amide bonds. The Kier molecular flexibility index (Phi) is 3.19. The van der Waals surface area contributed by atoms with Crippen molar-refractivity contribution in [2.45, 2.75) is 6.18 Å². The molecule has 0 spiro atoms. The van der Waals surface area contributed by atoms with Crippen molar-refractivity contribution in [1.29, 1.82) is 0 Å². The van der Waals surface area contributed by atoms with Gasteiger partial charge in [-0.05, 0) is 18.2 Å². The summed E-state index contributed by atoms with van der Waals surface area (Å²) in [7, 11) is 0. The molecule has 22 heavy (non-hydrogen) atoms. The first-order valence-corrected chi connectivity index (χ1v) is 6.97. The van der Waals surface area contributed by atoms with Crippen molar-refractivity contribution in [3.8, 4) is 5.75 Å². The van der Waals surface area contributed by atoms with E-state index in [1.165, 1.54) is 6.07 Å². The number of pyridine rings is 1. The molecule has 0 unspecified atom stereocenters. The van der Waals surface area contributed by atoms with Gasteiger partial charge in [-0.25, -0.2) is 4.98 Å². The molecule has 9 heteroatoms. The number of carbonyl (C=O) groups is 1. The van der Waals surface area contributed by atoms with Crippen molar-refractivity contribution >= 4 is 49.0 Å². The highest BCUT2D eigenvalue weighted by molar-refractivity contribution is 7.26. The van der Waals surface area contributed by atoms with Crippen LogP contribution in [0.3, 0.4) is 0 Å². The Hall–Kier alpha value is -2.06. The number of amides is 1. The predicted octanol–water partition coefficient (Wildman–Crippen LogP) is 4.25. The number of nitrogens with zero attached hydrogens (tertiary/aromatic N) is 1. The summed E-state index contributed by atoms with van der Waals surface area (Å²) in [6.07, 6.45) is -4.51. The van der Waals surface area contributed by atoms with Gasteiger partial charge in [-0.15, -0.1) is 11.3 Å². The number of aromatic nitrogens is 1. The lowest BCUT2D eigenvalue weighted by Gasteiger charge is -2.06. The molecule has 0 aliphatic rings. The van der Waals surface area contributed by atoms with Gasteiger partial charge < -0.3 is 5.11 Å². The summed E-state index contributed by atoms with van der Waals surface area (Å²) in [6.45, 7) is 0. The summed E-state index contributed by atoms with van der Waals surface area (Å²) >= 11 is 6.91. The molecule has 113 valence electrons. The van der Waals surface area contributed by atoms with Crippen molar-refractivity contribution in [2.24, 2.45) is 0 Å². The van der Waals surface area contributed by atoms with Gasteiger partial charge in [0.1, 0.15) is 5.15 Å². The maximum atomic E-state index is 12.8. The number of fused-ring (bicyclic) bond motifs is 3. The van der Waals surface area contributed by atoms with Crippen LogP contribution in [0.2, 0.25) is 5.15 Å². The van der Waals surface area contributed by atoms with E-state index in [0.29, 0.717) is 4.70 Å². The molecule has 4 nitrogen and oxygen atoms in total. The molecule has 0 aliphatic heterocycles. The van der Waals surface area contributed by atoms with Gasteiger partial charge in [0.25, 0.3) is 5.91 Å². The first kappa shape index (κ1) is 14.9. The number of halogens is 4. The van der Waals surface area contributed by atoms with Crippen LogP contribution in [0.4, 0.5) is 13.2 Å². The Morgan fingerprint density at radius 1 is 1.36 bits per heavy atom. The average Bonchev–Trinajstić information content (AvgIpc) is 2.80. The maximum absolute atomic E-state index is 12.8. The number of rotatable bonds is 1. The highest BCUT2D eigenvalue weighted by Gasteiger charge is 2.31. The van der Waals surface area contributed by atoms with E-state index in [0.717, 1.165) is 23.5 Å². The molecule has 0 atom stereocenters. The SMILES string of the molecule is [NH]C(=O)c1nc(Cl)c2c(sc3ccc(C(F)(F)F)cc32)c1O. The summed E-state index contributed by atoms with van der Waals surface area (Å²) in [6, 6.07) is 3.11. The zero-order valence-electron chi connectivity index (χ0n) is 10.5. The molecule has 3 rings (SSSR count). The van der Waals surface area contributed by atoms with Gasteiger partial charge in [0.2, 0.25) is 0 Å². The Morgan fingerprint density at radius 2 is 2.05 bits per heavy atom. The molecule has 2 heterocycles. The Labute approximate surface area is 129 Å². The molecule has 0 saturated heterocycles. The third-order valence-corrected chi connectivity index (χ3v) is 4.54. The zero-order chi connectivity index (χ0) is 16.2. The molecular weight excluding hydrogens is 341 g/mol. The minimum atomic E-state index is -4.51. The fraction of sp³-hybridized carbons (Fsp3) is 0.0769. The molecule has 1 radical (unpaired) electrons. The maximum Gasteiger partial charge on any atom is 0.416 e. The highest BCUT2D eigenvalue weighted by atomic mass is 35.5. The molecule has 0 aliphatic carbocycles. The fourth-order valence-corrected chi connectivity index (χ4v) is 3.58. The van der Waals surface area contributed by atoms with Crippen LogP contribution in [0.25, 0.3) is 20.2 Å². The number of thiophene rings is 1. The lowest BCUT2D eigenvalue weighted by atomic mass is 10.1. The van der Waals surface area contributed by atoms with Crippen molar-refractivity contribution in [1.82, 2.24) is 10.7 Å². The van der Waals surface area contributed by atoms with Gasteiger partial charge in [0.05, 0.1) is 10.3 Å². The third-order valence-electron chi connectivity index (χ3n) is 3.09. The highest BCUT2D eigenvalue weighted by Crippen LogP contribution is 2.44. The van der Waals surface area contributed by atoms with Gasteiger partial charge in [0.15, 0.2) is 11.4 Å². The Balaban J connectivity index is 2.44. The van der Waals surface area contributed by atoms with Crippen LogP contribution >= 0.6 is 22.9 Å². The van der Waals surface area contributed by atoms with E-state index in [1.54, 1.807) is 0 Å². The summed E-state index contributed by atoms with van der Waals surface area (Å²) in [5.74, 6) is -1.77. The second kappa shape index (κ2) is 4.72. The Morgan fingerprint density at radius 3 is 2.64 bits per heavy atom. The lowest BCUT2D eigenvalue weighted by molar-refractivity contribution is -0.137. The summed E-state index contributed by atoms with van der Waals surface area (Å²) in [5, 5.41) is 10.1. The van der Waals surface area contributed by atoms with Gasteiger partial charge >= 0.3 is 6.18 Å². The van der Waals surface area contributed by atoms with Crippen molar-refractivity contribution in [2.75, 3.05) is 0 Å². The summed E-state index contributed by atoms with van der Waals surface area (Å²) in [4.78, 5) is 14.7. The summed E-state index contributed by atoms with van der Waals surface area (Å²) < 4.78 is 39.0. The smallest absolute Gasteiger partial charge is 0.416 e. The van der Waals surface area contributed by atoms with E-state index < -0.39 is 29.1 Å². The molecule has 0 fully saturated rings. The second-order valence-corrected chi connectivity index (χ2v) is 5.85. The number of hydrogen-bond donors (Lipinski definition) is 1. The topological polar surface area (TPSA) is 74.0 Å². The van der Waals surface area contributed by atoms with Crippen molar-refractivity contribution < 1.29 is 23.1 Å². The van der Waals surface area contributed by atoms with Crippen LogP contribution in [0, 0.1) is 0 Å². The van der Waals surface area contributed by atoms with E-state index in [2.05, 4.69) is 4.98 Å². The van der Waals surface area contributed by atoms with Gasteiger partial charge in [-0.1, -0.05) is 11.6 Å². The standard InChI is InChI=1S/C13H5ClF3N2O2S/c14-11-7-5-3-4(13(15,16)17)1-2-6(5)22-10(7)9(20)8(19-11)12(18)21/h1-3,18,20H. The number of nitrogens with one attached hydrogen (secondary N) is 1. The average molecular weight is 346 g/mol. The van der Waals surface area contributed by atoms with Crippen molar-refractivity contribution in [3.05, 3.63) is 34.6 Å². The third kappa shape index (κ3) is 2.15. The second-order valence-electron chi connectivity index (χ2n) is 4.44. The Bertz CT molecular complexity index is 937. The van der Waals surface area contributed by atoms with Crippen LogP contribution < -0.4 is 5.73 Å². The first-order valence-electron chi connectivity index (χ1n) is 5.78. The number of alkyl halides is 3. The van der Waals surface area contributed by atoms with Crippen LogP contribution in [0.1, 0.15) is 16.1 Å². The molecule has 1 aromatic carbocycles. The van der Waals surface area contributed by atoms with Gasteiger partial charge in [-0.2, -0.15) is 13.2 Å². The normalized spacial score (nSPS) is 12.2. The quantitative estimate of drug-likeness (QED) is 0.670. The number of hydrogen-bond acceptors (Lipinski definition) is 4. The van der Waals surface area contributed by atoms with Crippen LogP contribution in [0.5, 0.6) is 5.75 Å². The number of benzene rings is 1. The monoisotopic (exact) mass is 345 g/mol. The number of aromatic hydroxyl groups is 1. The minimum Gasteiger partial charge on any atom is -0.504 e. The van der Waals surface area contributed by atoms with Gasteiger partial charge in [0, 0.05) is 15.5 Å². The number of carbonyl (C=O) groups excluding carboxylic acids is 1. The van der Waals surface area contributed by atoms with Crippen LogP contribution in [-0.2, 0) is 6.18 Å². The predicted molar refractivity (Wildman–Crippen MR) is 76.2 cm³/mol. The van der Waals surface area contributed by atoms with E-state index >= 15 is 0 Å². The van der Waals surface area contributed by atoms with E-state index in [1.807, 2.05) is 0 Å². The van der Waals surface area contributed by atoms with E-state index in [-0.39, 0.29) is 20.6 Å². The summed E-state index contributed by atoms with van der Waals surface area (Å²) in [5.41, 5.74) is 5.64. The van der Waals surface area contributed by atoms with Crippen molar-refractivity contribution in [3.63, 3.8) is 0 Å². The molecule has 0 bridgehead atoms. The molecule has 2 N–H and O–H groups in total. The molecular formula is C13H5ClF3N2O2S.